The molecular weight excluding hydrogens is 222 g/mol. The van der Waals surface area contributed by atoms with Crippen molar-refractivity contribution >= 4 is 11.4 Å². The van der Waals surface area contributed by atoms with Crippen LogP contribution in [0, 0.1) is 6.92 Å². The number of hydrogen-bond donors (Lipinski definition) is 2. The molecule has 0 atom stereocenters. The minimum absolute atomic E-state index is 0.571. The van der Waals surface area contributed by atoms with Crippen LogP contribution in [0.25, 0.3) is 0 Å². The predicted octanol–water partition coefficient (Wildman–Crippen LogP) is 2.86. The van der Waals surface area contributed by atoms with Gasteiger partial charge >= 0.3 is 0 Å². The molecule has 0 saturated carbocycles. The molecule has 0 amide bonds. The van der Waals surface area contributed by atoms with Gasteiger partial charge in [-0.05, 0) is 50.4 Å². The molecule has 3 nitrogen and oxygen atoms in total. The first-order chi connectivity index (χ1) is 8.69. The summed E-state index contributed by atoms with van der Waals surface area (Å²) in [6, 6.07) is 6.77. The Bertz CT molecular complexity index is 381. The highest BCUT2D eigenvalue weighted by atomic mass is 15.1. The monoisotopic (exact) mass is 247 g/mol. The third kappa shape index (κ3) is 3.39. The van der Waals surface area contributed by atoms with Gasteiger partial charge in [-0.25, -0.2) is 0 Å². The van der Waals surface area contributed by atoms with Crippen LogP contribution < -0.4 is 11.1 Å². The number of nitrogens with one attached hydrogen (secondary N) is 1. The quantitative estimate of drug-likeness (QED) is 0.804. The molecule has 1 aliphatic rings. The van der Waals surface area contributed by atoms with Crippen LogP contribution in [0.15, 0.2) is 18.2 Å². The van der Waals surface area contributed by atoms with Crippen LogP contribution in [0.1, 0.15) is 31.7 Å². The lowest BCUT2D eigenvalue weighted by Crippen LogP contribution is -2.39. The third-order valence-electron chi connectivity index (χ3n) is 3.70. The van der Waals surface area contributed by atoms with Crippen molar-refractivity contribution in [1.82, 2.24) is 4.90 Å². The minimum atomic E-state index is 0.571. The number of aryl methyl sites for hydroxylation is 1. The van der Waals surface area contributed by atoms with Gasteiger partial charge in [-0.15, -0.1) is 0 Å². The lowest BCUT2D eigenvalue weighted by molar-refractivity contribution is 0.219. The second-order valence-corrected chi connectivity index (χ2v) is 5.35. The summed E-state index contributed by atoms with van der Waals surface area (Å²) < 4.78 is 0. The van der Waals surface area contributed by atoms with Crippen LogP contribution in [-0.4, -0.2) is 30.6 Å². The number of anilines is 2. The number of benzene rings is 1. The van der Waals surface area contributed by atoms with Crippen LogP contribution >= 0.6 is 0 Å². The van der Waals surface area contributed by atoms with E-state index in [1.54, 1.807) is 0 Å². The fourth-order valence-corrected chi connectivity index (χ4v) is 2.63. The van der Waals surface area contributed by atoms with Crippen molar-refractivity contribution in [3.63, 3.8) is 0 Å². The molecule has 0 aromatic heterocycles. The fourth-order valence-electron chi connectivity index (χ4n) is 2.63. The first kappa shape index (κ1) is 13.2. The number of nitrogen functional groups attached to an aromatic ring is 1. The summed E-state index contributed by atoms with van der Waals surface area (Å²) in [5.41, 5.74) is 9.23. The van der Waals surface area contributed by atoms with Crippen LogP contribution in [0.5, 0.6) is 0 Å². The van der Waals surface area contributed by atoms with Gasteiger partial charge in [0, 0.05) is 19.1 Å². The second-order valence-electron chi connectivity index (χ2n) is 5.35. The zero-order valence-electron chi connectivity index (χ0n) is 11.6. The van der Waals surface area contributed by atoms with Crippen molar-refractivity contribution in [3.05, 3.63) is 23.8 Å². The lowest BCUT2D eigenvalue weighted by Gasteiger charge is -2.32. The van der Waals surface area contributed by atoms with Gasteiger partial charge in [0.15, 0.2) is 0 Å². The molecule has 3 heteroatoms. The SMILES string of the molecule is CCCN1CCC(Nc2cc(C)ccc2N)CC1. The van der Waals surface area contributed by atoms with Gasteiger partial charge < -0.3 is 16.0 Å². The molecule has 1 aromatic carbocycles. The van der Waals surface area contributed by atoms with Crippen LogP contribution in [-0.2, 0) is 0 Å². The molecule has 0 aliphatic carbocycles. The van der Waals surface area contributed by atoms with E-state index in [9.17, 15) is 0 Å². The normalized spacial score (nSPS) is 17.9. The molecule has 0 unspecified atom stereocenters. The van der Waals surface area contributed by atoms with Gasteiger partial charge in [-0.2, -0.15) is 0 Å². The summed E-state index contributed by atoms with van der Waals surface area (Å²) in [6.45, 7) is 8.00. The Hall–Kier alpha value is -1.22. The number of nitrogens with zero attached hydrogens (tertiary/aromatic N) is 1. The highest BCUT2D eigenvalue weighted by Gasteiger charge is 2.18. The Morgan fingerprint density at radius 1 is 1.33 bits per heavy atom. The average molecular weight is 247 g/mol. The molecule has 2 rings (SSSR count). The summed E-state index contributed by atoms with van der Waals surface area (Å²) in [4.78, 5) is 2.55. The number of rotatable bonds is 4. The zero-order valence-corrected chi connectivity index (χ0v) is 11.6. The van der Waals surface area contributed by atoms with Crippen molar-refractivity contribution in [2.75, 3.05) is 30.7 Å². The Morgan fingerprint density at radius 3 is 2.72 bits per heavy atom. The van der Waals surface area contributed by atoms with Crippen molar-refractivity contribution in [2.45, 2.75) is 39.2 Å². The van der Waals surface area contributed by atoms with E-state index in [0.717, 1.165) is 11.4 Å². The van der Waals surface area contributed by atoms with Gasteiger partial charge in [-0.1, -0.05) is 13.0 Å². The molecule has 100 valence electrons. The Morgan fingerprint density at radius 2 is 2.06 bits per heavy atom. The third-order valence-corrected chi connectivity index (χ3v) is 3.70. The van der Waals surface area contributed by atoms with Gasteiger partial charge in [0.2, 0.25) is 0 Å². The van der Waals surface area contributed by atoms with E-state index in [1.165, 1.54) is 44.5 Å². The number of nitrogens with two attached hydrogens (primary N) is 1. The second kappa shape index (κ2) is 6.10. The summed E-state index contributed by atoms with van der Waals surface area (Å²) in [7, 11) is 0. The largest absolute Gasteiger partial charge is 0.397 e. The summed E-state index contributed by atoms with van der Waals surface area (Å²) >= 11 is 0. The van der Waals surface area contributed by atoms with Gasteiger partial charge in [0.25, 0.3) is 0 Å². The van der Waals surface area contributed by atoms with Crippen LogP contribution in [0.3, 0.4) is 0 Å². The Balaban J connectivity index is 1.89. The van der Waals surface area contributed by atoms with Crippen molar-refractivity contribution < 1.29 is 0 Å². The Labute approximate surface area is 110 Å². The molecule has 1 saturated heterocycles. The average Bonchev–Trinajstić information content (AvgIpc) is 2.37. The van der Waals surface area contributed by atoms with E-state index in [-0.39, 0.29) is 0 Å². The van der Waals surface area contributed by atoms with E-state index < -0.39 is 0 Å². The van der Waals surface area contributed by atoms with Gasteiger partial charge in [-0.3, -0.25) is 0 Å². The molecule has 1 fully saturated rings. The molecule has 1 heterocycles. The van der Waals surface area contributed by atoms with Gasteiger partial charge in [0.05, 0.1) is 11.4 Å². The predicted molar refractivity (Wildman–Crippen MR) is 79.0 cm³/mol. The first-order valence-corrected chi connectivity index (χ1v) is 7.04. The number of piperidine rings is 1. The standard InChI is InChI=1S/C15H25N3/c1-3-8-18-9-6-13(7-10-18)17-15-11-12(2)4-5-14(15)16/h4-5,11,13,17H,3,6-10,16H2,1-2H3. The maximum Gasteiger partial charge on any atom is 0.0578 e. The number of hydrogen-bond acceptors (Lipinski definition) is 3. The number of likely N-dealkylation sites (tertiary alicyclic amines) is 1. The molecule has 3 N–H and O–H groups in total. The highest BCUT2D eigenvalue weighted by molar-refractivity contribution is 5.67. The van der Waals surface area contributed by atoms with E-state index >= 15 is 0 Å². The topological polar surface area (TPSA) is 41.3 Å². The summed E-state index contributed by atoms with van der Waals surface area (Å²) in [6.07, 6.45) is 3.68. The maximum absolute atomic E-state index is 6.01. The Kier molecular flexibility index (Phi) is 4.48. The molecule has 1 aliphatic heterocycles. The highest BCUT2D eigenvalue weighted by Crippen LogP contribution is 2.23. The van der Waals surface area contributed by atoms with E-state index in [4.69, 9.17) is 5.73 Å². The van der Waals surface area contributed by atoms with E-state index in [1.807, 2.05) is 6.07 Å². The molecule has 1 aromatic rings. The molecule has 0 spiro atoms. The van der Waals surface area contributed by atoms with Crippen molar-refractivity contribution in [2.24, 2.45) is 0 Å². The summed E-state index contributed by atoms with van der Waals surface area (Å²) in [5.74, 6) is 0. The van der Waals surface area contributed by atoms with E-state index in [0.29, 0.717) is 6.04 Å². The first-order valence-electron chi connectivity index (χ1n) is 7.04. The van der Waals surface area contributed by atoms with Crippen molar-refractivity contribution in [3.8, 4) is 0 Å². The van der Waals surface area contributed by atoms with Crippen LogP contribution in [0.2, 0.25) is 0 Å². The maximum atomic E-state index is 6.01. The smallest absolute Gasteiger partial charge is 0.0578 e. The van der Waals surface area contributed by atoms with E-state index in [2.05, 4.69) is 36.2 Å². The van der Waals surface area contributed by atoms with Gasteiger partial charge in [0.1, 0.15) is 0 Å². The molecule has 0 radical (unpaired) electrons. The lowest BCUT2D eigenvalue weighted by atomic mass is 10.0. The molecule has 0 bridgehead atoms. The molecular formula is C15H25N3. The zero-order chi connectivity index (χ0) is 13.0. The van der Waals surface area contributed by atoms with Crippen LogP contribution in [0.4, 0.5) is 11.4 Å². The minimum Gasteiger partial charge on any atom is -0.397 e. The van der Waals surface area contributed by atoms with Crippen molar-refractivity contribution in [1.29, 1.82) is 0 Å². The summed E-state index contributed by atoms with van der Waals surface area (Å²) in [5, 5.41) is 3.60. The molecule has 18 heavy (non-hydrogen) atoms. The fraction of sp³-hybridized carbons (Fsp3) is 0.600.